The zero-order valence-corrected chi connectivity index (χ0v) is 11.0. The number of aliphatic hydroxyl groups is 1. The van der Waals surface area contributed by atoms with Crippen molar-refractivity contribution < 1.29 is 5.11 Å². The number of aromatic nitrogens is 1. The third kappa shape index (κ3) is 2.57. The van der Waals surface area contributed by atoms with Crippen molar-refractivity contribution in [3.05, 3.63) is 35.5 Å². The predicted octanol–water partition coefficient (Wildman–Crippen LogP) is 2.09. The minimum Gasteiger partial charge on any atom is -0.396 e. The average molecular weight is 246 g/mol. The molecule has 0 fully saturated rings. The Bertz CT molecular complexity index is 516. The van der Waals surface area contributed by atoms with Gasteiger partial charge >= 0.3 is 0 Å². The molecule has 0 bridgehead atoms. The van der Waals surface area contributed by atoms with Crippen molar-refractivity contribution in [3.63, 3.8) is 0 Å². The highest BCUT2D eigenvalue weighted by molar-refractivity contribution is 5.84. The first kappa shape index (κ1) is 13.1. The maximum atomic E-state index is 8.96. The Balaban J connectivity index is 2.45. The number of nitrogens with two attached hydrogens (primary N) is 1. The van der Waals surface area contributed by atoms with Gasteiger partial charge in [-0.2, -0.15) is 0 Å². The summed E-state index contributed by atoms with van der Waals surface area (Å²) < 4.78 is 2.23. The first-order chi connectivity index (χ1) is 8.80. The van der Waals surface area contributed by atoms with E-state index in [1.165, 1.54) is 22.0 Å². The van der Waals surface area contributed by atoms with E-state index in [4.69, 9.17) is 10.8 Å². The van der Waals surface area contributed by atoms with Gasteiger partial charge in [0, 0.05) is 30.3 Å². The minimum atomic E-state index is 0.235. The molecule has 1 aromatic heterocycles. The van der Waals surface area contributed by atoms with Gasteiger partial charge in [0.05, 0.1) is 0 Å². The van der Waals surface area contributed by atoms with Crippen LogP contribution in [0.15, 0.2) is 24.4 Å². The Morgan fingerprint density at radius 3 is 2.83 bits per heavy atom. The molecule has 0 saturated carbocycles. The summed E-state index contributed by atoms with van der Waals surface area (Å²) in [6.45, 7) is 3.95. The van der Waals surface area contributed by atoms with Gasteiger partial charge in [-0.15, -0.1) is 0 Å². The topological polar surface area (TPSA) is 51.2 Å². The van der Waals surface area contributed by atoms with Gasteiger partial charge in [0.15, 0.2) is 0 Å². The summed E-state index contributed by atoms with van der Waals surface area (Å²) in [5, 5.41) is 10.3. The highest BCUT2D eigenvalue weighted by atomic mass is 16.3. The van der Waals surface area contributed by atoms with Crippen LogP contribution in [0.3, 0.4) is 0 Å². The van der Waals surface area contributed by atoms with E-state index in [1.807, 2.05) is 0 Å². The van der Waals surface area contributed by atoms with Crippen LogP contribution in [0.4, 0.5) is 0 Å². The lowest BCUT2D eigenvalue weighted by atomic mass is 10.1. The van der Waals surface area contributed by atoms with Gasteiger partial charge < -0.3 is 15.4 Å². The Hall–Kier alpha value is -1.32. The molecule has 98 valence electrons. The van der Waals surface area contributed by atoms with Crippen LogP contribution in [0.5, 0.6) is 0 Å². The molecule has 0 spiro atoms. The number of hydrogen-bond donors (Lipinski definition) is 2. The number of fused-ring (bicyclic) bond motifs is 1. The first-order valence-corrected chi connectivity index (χ1v) is 6.71. The smallest absolute Gasteiger partial charge is 0.0483 e. The number of aryl methyl sites for hydroxylation is 2. The van der Waals surface area contributed by atoms with Crippen LogP contribution in [0, 0.1) is 0 Å². The van der Waals surface area contributed by atoms with E-state index >= 15 is 0 Å². The zero-order chi connectivity index (χ0) is 13.0. The molecule has 0 radical (unpaired) electrons. The van der Waals surface area contributed by atoms with Crippen molar-refractivity contribution in [1.82, 2.24) is 4.57 Å². The predicted molar refractivity (Wildman–Crippen MR) is 75.8 cm³/mol. The van der Waals surface area contributed by atoms with Gasteiger partial charge in [-0.3, -0.25) is 0 Å². The molecular weight excluding hydrogens is 224 g/mol. The van der Waals surface area contributed by atoms with Crippen LogP contribution in [0.25, 0.3) is 10.9 Å². The van der Waals surface area contributed by atoms with Crippen LogP contribution in [0.1, 0.15) is 24.5 Å². The summed E-state index contributed by atoms with van der Waals surface area (Å²) in [5.41, 5.74) is 9.62. The molecule has 2 aromatic rings. The maximum absolute atomic E-state index is 8.96. The molecule has 0 aliphatic rings. The first-order valence-electron chi connectivity index (χ1n) is 6.71. The minimum absolute atomic E-state index is 0.235. The molecule has 0 amide bonds. The largest absolute Gasteiger partial charge is 0.396 e. The lowest BCUT2D eigenvalue weighted by Crippen LogP contribution is -2.02. The zero-order valence-electron chi connectivity index (χ0n) is 11.0. The molecule has 0 atom stereocenters. The second kappa shape index (κ2) is 6.03. The van der Waals surface area contributed by atoms with Gasteiger partial charge in [-0.1, -0.05) is 13.0 Å². The third-order valence-corrected chi connectivity index (χ3v) is 3.41. The number of rotatable bonds is 6. The molecule has 0 unspecified atom stereocenters. The summed E-state index contributed by atoms with van der Waals surface area (Å²) >= 11 is 0. The van der Waals surface area contributed by atoms with Crippen LogP contribution in [0.2, 0.25) is 0 Å². The van der Waals surface area contributed by atoms with E-state index in [9.17, 15) is 0 Å². The van der Waals surface area contributed by atoms with Crippen LogP contribution in [-0.2, 0) is 19.4 Å². The molecule has 1 heterocycles. The van der Waals surface area contributed by atoms with E-state index < -0.39 is 0 Å². The Morgan fingerprint density at radius 2 is 2.17 bits per heavy atom. The summed E-state index contributed by atoms with van der Waals surface area (Å²) in [6.07, 6.45) is 4.95. The molecule has 0 aliphatic heterocycles. The fourth-order valence-corrected chi connectivity index (χ4v) is 2.42. The fourth-order valence-electron chi connectivity index (χ4n) is 2.42. The lowest BCUT2D eigenvalue weighted by Gasteiger charge is -2.04. The van der Waals surface area contributed by atoms with Crippen molar-refractivity contribution in [2.45, 2.75) is 32.7 Å². The summed E-state index contributed by atoms with van der Waals surface area (Å²) in [6, 6.07) is 6.64. The van der Waals surface area contributed by atoms with Gasteiger partial charge in [0.25, 0.3) is 0 Å². The SMILES string of the molecule is CCc1ccc2c(c1)c(CCN)cn2CCCO. The number of hydrogen-bond acceptors (Lipinski definition) is 2. The molecule has 2 rings (SSSR count). The van der Waals surface area contributed by atoms with E-state index in [1.54, 1.807) is 0 Å². The van der Waals surface area contributed by atoms with Gasteiger partial charge in [0.1, 0.15) is 0 Å². The Labute approximate surface area is 108 Å². The van der Waals surface area contributed by atoms with E-state index in [-0.39, 0.29) is 6.61 Å². The number of nitrogens with zero attached hydrogens (tertiary/aromatic N) is 1. The third-order valence-electron chi connectivity index (χ3n) is 3.41. The molecule has 0 saturated heterocycles. The van der Waals surface area contributed by atoms with Crippen molar-refractivity contribution in [2.24, 2.45) is 5.73 Å². The highest BCUT2D eigenvalue weighted by Crippen LogP contribution is 2.24. The van der Waals surface area contributed by atoms with Crippen molar-refractivity contribution in [2.75, 3.05) is 13.2 Å². The van der Waals surface area contributed by atoms with Crippen LogP contribution >= 0.6 is 0 Å². The molecule has 0 aliphatic carbocycles. The monoisotopic (exact) mass is 246 g/mol. The molecule has 3 N–H and O–H groups in total. The Kier molecular flexibility index (Phi) is 4.39. The van der Waals surface area contributed by atoms with Crippen molar-refractivity contribution in [1.29, 1.82) is 0 Å². The van der Waals surface area contributed by atoms with Gasteiger partial charge in [0.2, 0.25) is 0 Å². The standard InChI is InChI=1S/C15H22N2O/c1-2-12-4-5-15-14(10-12)13(6-7-16)11-17(15)8-3-9-18/h4-5,10-11,18H,2-3,6-9,16H2,1H3. The quantitative estimate of drug-likeness (QED) is 0.820. The summed E-state index contributed by atoms with van der Waals surface area (Å²) in [4.78, 5) is 0. The van der Waals surface area contributed by atoms with Crippen molar-refractivity contribution >= 4 is 10.9 Å². The number of benzene rings is 1. The molecule has 18 heavy (non-hydrogen) atoms. The second-order valence-electron chi connectivity index (χ2n) is 4.67. The summed E-state index contributed by atoms with van der Waals surface area (Å²) in [7, 11) is 0. The van der Waals surface area contributed by atoms with E-state index in [2.05, 4.69) is 35.9 Å². The average Bonchev–Trinajstić information content (AvgIpc) is 2.74. The highest BCUT2D eigenvalue weighted by Gasteiger charge is 2.08. The molecule has 3 nitrogen and oxygen atoms in total. The second-order valence-corrected chi connectivity index (χ2v) is 4.67. The van der Waals surface area contributed by atoms with Gasteiger partial charge in [-0.05, 0) is 49.1 Å². The van der Waals surface area contributed by atoms with E-state index in [0.29, 0.717) is 6.54 Å². The molecule has 1 aromatic carbocycles. The fraction of sp³-hybridized carbons (Fsp3) is 0.467. The summed E-state index contributed by atoms with van der Waals surface area (Å²) in [5.74, 6) is 0. The maximum Gasteiger partial charge on any atom is 0.0483 e. The van der Waals surface area contributed by atoms with Gasteiger partial charge in [-0.25, -0.2) is 0 Å². The number of aliphatic hydroxyl groups excluding tert-OH is 1. The van der Waals surface area contributed by atoms with Crippen molar-refractivity contribution in [3.8, 4) is 0 Å². The molecule has 3 heteroatoms. The van der Waals surface area contributed by atoms with E-state index in [0.717, 1.165) is 25.8 Å². The Morgan fingerprint density at radius 1 is 1.33 bits per heavy atom. The van der Waals surface area contributed by atoms with Crippen LogP contribution in [-0.4, -0.2) is 22.8 Å². The van der Waals surface area contributed by atoms with Crippen LogP contribution < -0.4 is 5.73 Å². The lowest BCUT2D eigenvalue weighted by molar-refractivity contribution is 0.280. The normalized spacial score (nSPS) is 11.3. The molecular formula is C15H22N2O.